The first kappa shape index (κ1) is 14.6. The summed E-state index contributed by atoms with van der Waals surface area (Å²) in [6.45, 7) is 9.23. The second-order valence-corrected chi connectivity index (χ2v) is 6.18. The molecule has 1 aliphatic rings. The van der Waals surface area contributed by atoms with Crippen molar-refractivity contribution in [2.24, 2.45) is 5.92 Å². The van der Waals surface area contributed by atoms with Crippen molar-refractivity contribution in [3.8, 4) is 0 Å². The third-order valence-corrected chi connectivity index (χ3v) is 4.87. The smallest absolute Gasteiger partial charge is 0.0380 e. The van der Waals surface area contributed by atoms with Gasteiger partial charge in [-0.2, -0.15) is 0 Å². The zero-order valence-electron chi connectivity index (χ0n) is 13.2. The van der Waals surface area contributed by atoms with Gasteiger partial charge in [0.1, 0.15) is 0 Å². The van der Waals surface area contributed by atoms with Gasteiger partial charge in [0, 0.05) is 32.2 Å². The lowest BCUT2D eigenvalue weighted by atomic mass is 9.87. The highest BCUT2D eigenvalue weighted by Gasteiger charge is 2.27. The van der Waals surface area contributed by atoms with E-state index in [-0.39, 0.29) is 0 Å². The van der Waals surface area contributed by atoms with Gasteiger partial charge in [-0.05, 0) is 22.3 Å². The van der Waals surface area contributed by atoms with Crippen molar-refractivity contribution in [1.29, 1.82) is 0 Å². The van der Waals surface area contributed by atoms with Crippen LogP contribution in [0.3, 0.4) is 0 Å². The second-order valence-electron chi connectivity index (χ2n) is 6.18. The molecule has 1 saturated heterocycles. The summed E-state index contributed by atoms with van der Waals surface area (Å²) in [5.41, 5.74) is 1.50. The van der Waals surface area contributed by atoms with Gasteiger partial charge in [0.05, 0.1) is 0 Å². The topological polar surface area (TPSA) is 15.3 Å². The van der Waals surface area contributed by atoms with Crippen LogP contribution in [0.4, 0.5) is 0 Å². The Hall–Kier alpha value is -1.38. The predicted octanol–water partition coefficient (Wildman–Crippen LogP) is 3.83. The first-order valence-corrected chi connectivity index (χ1v) is 8.23. The molecule has 0 aromatic heterocycles. The van der Waals surface area contributed by atoms with Crippen molar-refractivity contribution < 1.29 is 0 Å². The van der Waals surface area contributed by atoms with Crippen LogP contribution in [0.2, 0.25) is 0 Å². The molecule has 0 spiro atoms. The zero-order valence-corrected chi connectivity index (χ0v) is 13.2. The van der Waals surface area contributed by atoms with Gasteiger partial charge in [0.2, 0.25) is 0 Å². The monoisotopic (exact) mass is 282 g/mol. The van der Waals surface area contributed by atoms with Crippen LogP contribution in [0.25, 0.3) is 10.8 Å². The van der Waals surface area contributed by atoms with Crippen LogP contribution in [-0.4, -0.2) is 31.1 Å². The van der Waals surface area contributed by atoms with Crippen LogP contribution >= 0.6 is 0 Å². The number of hydrogen-bond donors (Lipinski definition) is 1. The number of nitrogens with zero attached hydrogens (tertiary/aromatic N) is 1. The Kier molecular flexibility index (Phi) is 4.57. The summed E-state index contributed by atoms with van der Waals surface area (Å²) in [6.07, 6.45) is 1.22. The minimum Gasteiger partial charge on any atom is -0.314 e. The van der Waals surface area contributed by atoms with Crippen molar-refractivity contribution in [2.75, 3.05) is 26.2 Å². The van der Waals surface area contributed by atoms with E-state index in [1.165, 1.54) is 22.8 Å². The number of benzene rings is 2. The average molecular weight is 282 g/mol. The van der Waals surface area contributed by atoms with Crippen LogP contribution in [0.1, 0.15) is 31.9 Å². The van der Waals surface area contributed by atoms with Gasteiger partial charge in [-0.25, -0.2) is 0 Å². The largest absolute Gasteiger partial charge is 0.314 e. The van der Waals surface area contributed by atoms with Crippen molar-refractivity contribution in [2.45, 2.75) is 26.3 Å². The minimum absolute atomic E-state index is 0.531. The van der Waals surface area contributed by atoms with E-state index in [0.29, 0.717) is 12.0 Å². The predicted molar refractivity (Wildman–Crippen MR) is 90.6 cm³/mol. The van der Waals surface area contributed by atoms with E-state index in [1.54, 1.807) is 0 Å². The van der Waals surface area contributed by atoms with Gasteiger partial charge in [-0.1, -0.05) is 62.7 Å². The highest BCUT2D eigenvalue weighted by Crippen LogP contribution is 2.35. The molecule has 1 aliphatic heterocycles. The maximum atomic E-state index is 3.47. The Balaban J connectivity index is 2.05. The Morgan fingerprint density at radius 3 is 2.52 bits per heavy atom. The van der Waals surface area contributed by atoms with E-state index < -0.39 is 0 Å². The molecule has 21 heavy (non-hydrogen) atoms. The van der Waals surface area contributed by atoms with Crippen molar-refractivity contribution in [1.82, 2.24) is 10.2 Å². The molecule has 0 aliphatic carbocycles. The third-order valence-electron chi connectivity index (χ3n) is 4.87. The maximum Gasteiger partial charge on any atom is 0.0380 e. The lowest BCUT2D eigenvalue weighted by Gasteiger charge is -2.39. The van der Waals surface area contributed by atoms with Gasteiger partial charge in [-0.15, -0.1) is 0 Å². The van der Waals surface area contributed by atoms with E-state index in [0.717, 1.165) is 26.2 Å². The molecule has 0 radical (unpaired) electrons. The summed E-state index contributed by atoms with van der Waals surface area (Å²) in [5, 5.41) is 6.25. The SMILES string of the molecule is CCC(C)[C@@H](c1cccc2ccccc12)N1CCNCC1. The van der Waals surface area contributed by atoms with Crippen LogP contribution < -0.4 is 5.32 Å². The highest BCUT2D eigenvalue weighted by molar-refractivity contribution is 5.86. The Morgan fingerprint density at radius 2 is 1.76 bits per heavy atom. The van der Waals surface area contributed by atoms with Crippen LogP contribution in [-0.2, 0) is 0 Å². The molecule has 0 amide bonds. The summed E-state index contributed by atoms with van der Waals surface area (Å²) >= 11 is 0. The fraction of sp³-hybridized carbons (Fsp3) is 0.474. The first-order chi connectivity index (χ1) is 10.3. The normalized spacial score (nSPS) is 19.5. The number of hydrogen-bond acceptors (Lipinski definition) is 2. The third kappa shape index (κ3) is 2.97. The standard InChI is InChI=1S/C19H26N2/c1-3-15(2)19(21-13-11-20-12-14-21)18-10-6-8-16-7-4-5-9-17(16)18/h4-10,15,19-20H,3,11-14H2,1-2H3/t15?,19-/m0/s1. The van der Waals surface area contributed by atoms with Crippen LogP contribution in [0.5, 0.6) is 0 Å². The molecule has 0 saturated carbocycles. The summed E-state index contributed by atoms with van der Waals surface area (Å²) < 4.78 is 0. The molecule has 2 nitrogen and oxygen atoms in total. The van der Waals surface area contributed by atoms with Crippen molar-refractivity contribution in [3.63, 3.8) is 0 Å². The molecule has 0 bridgehead atoms. The molecular formula is C19H26N2. The highest BCUT2D eigenvalue weighted by atomic mass is 15.2. The van der Waals surface area contributed by atoms with E-state index >= 15 is 0 Å². The molecule has 1 heterocycles. The molecular weight excluding hydrogens is 256 g/mol. The lowest BCUT2D eigenvalue weighted by Crippen LogP contribution is -2.46. The zero-order chi connectivity index (χ0) is 14.7. The summed E-state index contributed by atoms with van der Waals surface area (Å²) in [4.78, 5) is 2.67. The van der Waals surface area contributed by atoms with Crippen LogP contribution in [0.15, 0.2) is 42.5 Å². The molecule has 2 atom stereocenters. The molecule has 1 N–H and O–H groups in total. The summed E-state index contributed by atoms with van der Waals surface area (Å²) in [6, 6.07) is 16.1. The van der Waals surface area contributed by atoms with Gasteiger partial charge in [-0.3, -0.25) is 4.90 Å². The van der Waals surface area contributed by atoms with E-state index in [4.69, 9.17) is 0 Å². The lowest BCUT2D eigenvalue weighted by molar-refractivity contribution is 0.129. The van der Waals surface area contributed by atoms with E-state index in [2.05, 4.69) is 66.5 Å². The van der Waals surface area contributed by atoms with Crippen molar-refractivity contribution in [3.05, 3.63) is 48.0 Å². The number of rotatable bonds is 4. The summed E-state index contributed by atoms with van der Waals surface area (Å²) in [5.74, 6) is 0.675. The fourth-order valence-electron chi connectivity index (χ4n) is 3.56. The maximum absolute atomic E-state index is 3.47. The van der Waals surface area contributed by atoms with Gasteiger partial charge < -0.3 is 5.32 Å². The number of piperazine rings is 1. The van der Waals surface area contributed by atoms with E-state index in [1.807, 2.05) is 0 Å². The van der Waals surface area contributed by atoms with E-state index in [9.17, 15) is 0 Å². The number of nitrogens with one attached hydrogen (secondary N) is 1. The number of fused-ring (bicyclic) bond motifs is 1. The molecule has 2 heteroatoms. The molecule has 2 aromatic rings. The van der Waals surface area contributed by atoms with Gasteiger partial charge >= 0.3 is 0 Å². The molecule has 112 valence electrons. The van der Waals surface area contributed by atoms with Gasteiger partial charge in [0.15, 0.2) is 0 Å². The Morgan fingerprint density at radius 1 is 1.05 bits per heavy atom. The van der Waals surface area contributed by atoms with Crippen molar-refractivity contribution >= 4 is 10.8 Å². The molecule has 1 fully saturated rings. The Labute approximate surface area is 128 Å². The molecule has 2 aromatic carbocycles. The summed E-state index contributed by atoms with van der Waals surface area (Å²) in [7, 11) is 0. The first-order valence-electron chi connectivity index (χ1n) is 8.23. The second kappa shape index (κ2) is 6.59. The average Bonchev–Trinajstić information content (AvgIpc) is 2.56. The fourth-order valence-corrected chi connectivity index (χ4v) is 3.56. The van der Waals surface area contributed by atoms with Gasteiger partial charge in [0.25, 0.3) is 0 Å². The Bertz CT molecular complexity index is 582. The van der Waals surface area contributed by atoms with Crippen LogP contribution in [0, 0.1) is 5.92 Å². The molecule has 1 unspecified atom stereocenters. The minimum atomic E-state index is 0.531. The molecule has 3 rings (SSSR count). The quantitative estimate of drug-likeness (QED) is 0.917.